The van der Waals surface area contributed by atoms with E-state index in [1.807, 2.05) is 36.4 Å². The standard InChI is InChI=1S/C23H22N2O3S/c1-27-20-13-12-19(22(14-20)28-2)15-24-25-23(26)18-10-8-17(9-11-18)16-29-21-6-4-3-5-7-21/h3-15H,16H2,1-2H3,(H,25,26)/b24-15-. The van der Waals surface area contributed by atoms with Gasteiger partial charge in [0.05, 0.1) is 20.4 Å². The van der Waals surface area contributed by atoms with Crippen LogP contribution in [0.3, 0.4) is 0 Å². The minimum atomic E-state index is -0.268. The van der Waals surface area contributed by atoms with Crippen LogP contribution in [0, 0.1) is 0 Å². The predicted octanol–water partition coefficient (Wildman–Crippen LogP) is 4.76. The number of amides is 1. The number of carbonyl (C=O) groups is 1. The zero-order valence-corrected chi connectivity index (χ0v) is 17.1. The van der Waals surface area contributed by atoms with Crippen LogP contribution in [0.4, 0.5) is 0 Å². The van der Waals surface area contributed by atoms with Gasteiger partial charge in [0.2, 0.25) is 0 Å². The van der Waals surface area contributed by atoms with E-state index in [9.17, 15) is 4.79 Å². The molecule has 0 aliphatic rings. The number of methoxy groups -OCH3 is 2. The van der Waals surface area contributed by atoms with Gasteiger partial charge in [-0.15, -0.1) is 11.8 Å². The first-order valence-corrected chi connectivity index (χ1v) is 10.0. The van der Waals surface area contributed by atoms with Gasteiger partial charge in [-0.2, -0.15) is 5.10 Å². The van der Waals surface area contributed by atoms with Gasteiger partial charge in [-0.1, -0.05) is 30.3 Å². The highest BCUT2D eigenvalue weighted by Crippen LogP contribution is 2.23. The van der Waals surface area contributed by atoms with Crippen molar-refractivity contribution in [3.8, 4) is 11.5 Å². The fourth-order valence-corrected chi connectivity index (χ4v) is 3.46. The molecule has 0 aliphatic carbocycles. The van der Waals surface area contributed by atoms with Gasteiger partial charge >= 0.3 is 0 Å². The number of thioether (sulfide) groups is 1. The fourth-order valence-electron chi connectivity index (χ4n) is 2.59. The molecule has 0 spiro atoms. The summed E-state index contributed by atoms with van der Waals surface area (Å²) in [5.41, 5.74) is 4.99. The van der Waals surface area contributed by atoms with Gasteiger partial charge in [-0.3, -0.25) is 4.79 Å². The van der Waals surface area contributed by atoms with Crippen molar-refractivity contribution in [2.45, 2.75) is 10.6 Å². The predicted molar refractivity (Wildman–Crippen MR) is 117 cm³/mol. The van der Waals surface area contributed by atoms with Crippen molar-refractivity contribution in [3.05, 3.63) is 89.5 Å². The Labute approximate surface area is 174 Å². The minimum Gasteiger partial charge on any atom is -0.497 e. The van der Waals surface area contributed by atoms with E-state index in [2.05, 4.69) is 22.7 Å². The first kappa shape index (κ1) is 20.5. The molecule has 29 heavy (non-hydrogen) atoms. The molecule has 0 aromatic heterocycles. The number of hydrogen-bond acceptors (Lipinski definition) is 5. The molecule has 1 amide bonds. The second kappa shape index (κ2) is 10.3. The summed E-state index contributed by atoms with van der Waals surface area (Å²) in [5.74, 6) is 1.88. The zero-order valence-electron chi connectivity index (χ0n) is 16.3. The number of ether oxygens (including phenoxy) is 2. The molecule has 148 valence electrons. The molecule has 0 radical (unpaired) electrons. The Morgan fingerprint density at radius 3 is 2.45 bits per heavy atom. The molecule has 3 rings (SSSR count). The quantitative estimate of drug-likeness (QED) is 0.333. The van der Waals surface area contributed by atoms with Crippen molar-refractivity contribution in [3.63, 3.8) is 0 Å². The summed E-state index contributed by atoms with van der Waals surface area (Å²) in [4.78, 5) is 13.5. The number of carbonyl (C=O) groups excluding carboxylic acids is 1. The normalized spacial score (nSPS) is 10.7. The molecular formula is C23H22N2O3S. The molecule has 6 heteroatoms. The van der Waals surface area contributed by atoms with E-state index < -0.39 is 0 Å². The van der Waals surface area contributed by atoms with Crippen molar-refractivity contribution < 1.29 is 14.3 Å². The van der Waals surface area contributed by atoms with Gasteiger partial charge in [0.15, 0.2) is 0 Å². The smallest absolute Gasteiger partial charge is 0.271 e. The molecule has 0 unspecified atom stereocenters. The Morgan fingerprint density at radius 1 is 1.00 bits per heavy atom. The van der Waals surface area contributed by atoms with E-state index in [0.29, 0.717) is 17.1 Å². The van der Waals surface area contributed by atoms with Crippen LogP contribution in [0.5, 0.6) is 11.5 Å². The van der Waals surface area contributed by atoms with Crippen molar-refractivity contribution in [1.29, 1.82) is 0 Å². The Morgan fingerprint density at radius 2 is 1.76 bits per heavy atom. The maximum Gasteiger partial charge on any atom is 0.271 e. The van der Waals surface area contributed by atoms with Crippen molar-refractivity contribution in [2.75, 3.05) is 14.2 Å². The molecule has 0 aliphatic heterocycles. The summed E-state index contributed by atoms with van der Waals surface area (Å²) in [6.07, 6.45) is 1.54. The average Bonchev–Trinajstić information content (AvgIpc) is 2.78. The van der Waals surface area contributed by atoms with Crippen molar-refractivity contribution in [1.82, 2.24) is 5.43 Å². The monoisotopic (exact) mass is 406 g/mol. The van der Waals surface area contributed by atoms with Crippen LogP contribution in [-0.4, -0.2) is 26.3 Å². The second-order valence-corrected chi connectivity index (χ2v) is 7.15. The van der Waals surface area contributed by atoms with E-state index >= 15 is 0 Å². The number of hydrogen-bond donors (Lipinski definition) is 1. The lowest BCUT2D eigenvalue weighted by Gasteiger charge is -2.07. The molecule has 0 atom stereocenters. The summed E-state index contributed by atoms with van der Waals surface area (Å²) < 4.78 is 10.5. The van der Waals surface area contributed by atoms with Gasteiger partial charge in [-0.25, -0.2) is 5.43 Å². The van der Waals surface area contributed by atoms with E-state index in [1.165, 1.54) is 4.90 Å². The molecule has 0 fully saturated rings. The Hall–Kier alpha value is -3.25. The molecule has 5 nitrogen and oxygen atoms in total. The Bertz CT molecular complexity index is 973. The largest absolute Gasteiger partial charge is 0.497 e. The number of nitrogens with one attached hydrogen (secondary N) is 1. The molecule has 0 saturated carbocycles. The zero-order chi connectivity index (χ0) is 20.5. The molecule has 0 saturated heterocycles. The summed E-state index contributed by atoms with van der Waals surface area (Å²) in [6, 6.07) is 23.1. The molecule has 3 aromatic rings. The van der Waals surface area contributed by atoms with E-state index in [0.717, 1.165) is 16.9 Å². The molecule has 1 N–H and O–H groups in total. The van der Waals surface area contributed by atoms with Gasteiger partial charge < -0.3 is 9.47 Å². The molecule has 0 bridgehead atoms. The summed E-state index contributed by atoms with van der Waals surface area (Å²) in [6.45, 7) is 0. The maximum absolute atomic E-state index is 12.3. The topological polar surface area (TPSA) is 59.9 Å². The highest BCUT2D eigenvalue weighted by molar-refractivity contribution is 7.98. The van der Waals surface area contributed by atoms with Crippen molar-refractivity contribution in [2.24, 2.45) is 5.10 Å². The number of rotatable bonds is 8. The maximum atomic E-state index is 12.3. The van der Waals surface area contributed by atoms with Crippen LogP contribution in [0.1, 0.15) is 21.5 Å². The van der Waals surface area contributed by atoms with Gasteiger partial charge in [0, 0.05) is 27.8 Å². The summed E-state index contributed by atoms with van der Waals surface area (Å²) >= 11 is 1.76. The van der Waals surface area contributed by atoms with Crippen LogP contribution in [0.15, 0.2) is 82.8 Å². The summed E-state index contributed by atoms with van der Waals surface area (Å²) in [5, 5.41) is 4.03. The SMILES string of the molecule is COc1ccc(/C=N\NC(=O)c2ccc(CSc3ccccc3)cc2)c(OC)c1. The van der Waals surface area contributed by atoms with Gasteiger partial charge in [0.1, 0.15) is 11.5 Å². The summed E-state index contributed by atoms with van der Waals surface area (Å²) in [7, 11) is 3.16. The van der Waals surface area contributed by atoms with Crippen LogP contribution >= 0.6 is 11.8 Å². The van der Waals surface area contributed by atoms with Gasteiger partial charge in [0.25, 0.3) is 5.91 Å². The van der Waals surface area contributed by atoms with Crippen LogP contribution in [0.25, 0.3) is 0 Å². The van der Waals surface area contributed by atoms with E-state index in [-0.39, 0.29) is 5.91 Å². The first-order valence-electron chi connectivity index (χ1n) is 9.02. The fraction of sp³-hybridized carbons (Fsp3) is 0.130. The first-order chi connectivity index (χ1) is 14.2. The number of hydrazone groups is 1. The molecular weight excluding hydrogens is 384 g/mol. The Kier molecular flexibility index (Phi) is 7.30. The second-order valence-electron chi connectivity index (χ2n) is 6.11. The van der Waals surface area contributed by atoms with Crippen LogP contribution < -0.4 is 14.9 Å². The van der Waals surface area contributed by atoms with Crippen LogP contribution in [-0.2, 0) is 5.75 Å². The average molecular weight is 407 g/mol. The van der Waals surface area contributed by atoms with E-state index in [4.69, 9.17) is 9.47 Å². The molecule has 3 aromatic carbocycles. The highest BCUT2D eigenvalue weighted by Gasteiger charge is 2.06. The lowest BCUT2D eigenvalue weighted by Crippen LogP contribution is -2.17. The third-order valence-corrected chi connectivity index (χ3v) is 5.26. The van der Waals surface area contributed by atoms with Crippen molar-refractivity contribution >= 4 is 23.9 Å². The highest BCUT2D eigenvalue weighted by atomic mass is 32.2. The number of benzene rings is 3. The van der Waals surface area contributed by atoms with Gasteiger partial charge in [-0.05, 0) is 42.0 Å². The number of nitrogens with zero attached hydrogens (tertiary/aromatic N) is 1. The third-order valence-electron chi connectivity index (χ3n) is 4.18. The Balaban J connectivity index is 1.56. The van der Waals surface area contributed by atoms with Crippen LogP contribution in [0.2, 0.25) is 0 Å². The third kappa shape index (κ3) is 5.86. The minimum absolute atomic E-state index is 0.268. The lowest BCUT2D eigenvalue weighted by atomic mass is 10.1. The lowest BCUT2D eigenvalue weighted by molar-refractivity contribution is 0.0955. The van der Waals surface area contributed by atoms with E-state index in [1.54, 1.807) is 56.5 Å². The molecule has 0 heterocycles.